The zero-order chi connectivity index (χ0) is 33.8. The van der Waals surface area contributed by atoms with E-state index in [-0.39, 0.29) is 28.4 Å². The number of carbonyl (C=O) groups is 1. The van der Waals surface area contributed by atoms with E-state index in [2.05, 4.69) is 40.3 Å². The van der Waals surface area contributed by atoms with E-state index in [4.69, 9.17) is 28.9 Å². The Balaban J connectivity index is 0.000000261. The molecular formula is C26H20Cl2F6N8O3. The van der Waals surface area contributed by atoms with Gasteiger partial charge in [-0.3, -0.25) is 5.32 Å². The number of anilines is 3. The van der Waals surface area contributed by atoms with Gasteiger partial charge in [0.05, 0.1) is 11.3 Å². The fraction of sp³-hybridized carbons (Fsp3) is 0.154. The molecule has 238 valence electrons. The molecule has 45 heavy (non-hydrogen) atoms. The summed E-state index contributed by atoms with van der Waals surface area (Å²) in [6.45, 7) is 3.47. The topological polar surface area (TPSA) is 157 Å². The number of nitrogens with one attached hydrogen (secondary N) is 2. The standard InChI is InChI=1S/C13H10ClF3N4O.C8H4F3NO2.C5H6ClN3/c1-7-5-10(14)20-11(18-7)21-12(22)19-9-4-2-3-8(6-9)13(15,16)17;9-8(10,11)14-7-3-1-2-6(4-7)12-5-13;1-3-2-4(6)9-5(7)8-3/h2-6H,1H3,(H2,18,19,20,21,22);1-4H;2H,1H3,(H2,7,8,9). The highest BCUT2D eigenvalue weighted by molar-refractivity contribution is 6.29. The molecule has 0 spiro atoms. The Kier molecular flexibility index (Phi) is 13.0. The number of nitrogens with two attached hydrogens (primary N) is 1. The van der Waals surface area contributed by atoms with E-state index in [1.54, 1.807) is 13.0 Å². The minimum absolute atomic E-state index is 0.00826. The number of hydrogen-bond acceptors (Lipinski definition) is 9. The number of urea groups is 1. The highest BCUT2D eigenvalue weighted by Gasteiger charge is 2.31. The van der Waals surface area contributed by atoms with E-state index in [0.717, 1.165) is 30.0 Å². The number of hydrogen-bond donors (Lipinski definition) is 3. The van der Waals surface area contributed by atoms with Crippen molar-refractivity contribution in [1.29, 1.82) is 0 Å². The van der Waals surface area contributed by atoms with Gasteiger partial charge in [-0.05, 0) is 56.3 Å². The average molecular weight is 677 g/mol. The Labute approximate surface area is 260 Å². The molecule has 0 aliphatic rings. The minimum atomic E-state index is -4.75. The first-order valence-electron chi connectivity index (χ1n) is 11.9. The van der Waals surface area contributed by atoms with Gasteiger partial charge in [-0.1, -0.05) is 35.3 Å². The number of rotatable bonds is 4. The first-order chi connectivity index (χ1) is 20.9. The molecule has 19 heteroatoms. The number of isocyanates is 1. The molecule has 2 heterocycles. The second kappa shape index (κ2) is 16.2. The summed E-state index contributed by atoms with van der Waals surface area (Å²) in [6, 6.07) is 11.4. The normalized spacial score (nSPS) is 10.6. The smallest absolute Gasteiger partial charge is 0.406 e. The summed E-state index contributed by atoms with van der Waals surface area (Å²) < 4.78 is 76.5. The Bertz CT molecular complexity index is 1600. The number of benzene rings is 2. The molecule has 0 radical (unpaired) electrons. The van der Waals surface area contributed by atoms with Gasteiger partial charge in [-0.25, -0.2) is 29.5 Å². The summed E-state index contributed by atoms with van der Waals surface area (Å²) in [5.74, 6) is -0.247. The van der Waals surface area contributed by atoms with E-state index in [1.165, 1.54) is 36.4 Å². The monoisotopic (exact) mass is 676 g/mol. The number of carbonyl (C=O) groups excluding carboxylic acids is 2. The fourth-order valence-corrected chi connectivity index (χ4v) is 3.46. The van der Waals surface area contributed by atoms with Crippen molar-refractivity contribution in [2.24, 2.45) is 4.99 Å². The molecule has 2 amide bonds. The Hall–Kier alpha value is -4.99. The van der Waals surface area contributed by atoms with Crippen LogP contribution in [0.4, 0.5) is 54.4 Å². The van der Waals surface area contributed by atoms with Crippen LogP contribution in [0.3, 0.4) is 0 Å². The van der Waals surface area contributed by atoms with Crippen LogP contribution in [-0.2, 0) is 11.0 Å². The highest BCUT2D eigenvalue weighted by atomic mass is 35.5. The molecule has 4 rings (SSSR count). The van der Waals surface area contributed by atoms with Crippen molar-refractivity contribution < 1.29 is 40.7 Å². The third-order valence-electron chi connectivity index (χ3n) is 4.56. The molecule has 4 aromatic rings. The van der Waals surface area contributed by atoms with E-state index in [0.29, 0.717) is 10.8 Å². The van der Waals surface area contributed by atoms with Gasteiger partial charge < -0.3 is 15.8 Å². The first kappa shape index (κ1) is 36.2. The first-order valence-corrected chi connectivity index (χ1v) is 12.7. The predicted molar refractivity (Wildman–Crippen MR) is 153 cm³/mol. The molecule has 0 unspecified atom stereocenters. The number of aliphatic imine (C=N–C) groups is 1. The van der Waals surface area contributed by atoms with Crippen LogP contribution >= 0.6 is 23.2 Å². The number of aryl methyl sites for hydroxylation is 2. The third kappa shape index (κ3) is 14.4. The van der Waals surface area contributed by atoms with Gasteiger partial charge in [0.15, 0.2) is 0 Å². The van der Waals surface area contributed by atoms with Crippen LogP contribution in [0.5, 0.6) is 5.75 Å². The van der Waals surface area contributed by atoms with E-state index >= 15 is 0 Å². The zero-order valence-electron chi connectivity index (χ0n) is 22.8. The third-order valence-corrected chi connectivity index (χ3v) is 4.95. The molecule has 0 fully saturated rings. The lowest BCUT2D eigenvalue weighted by Gasteiger charge is -2.10. The maximum Gasteiger partial charge on any atom is 0.573 e. The van der Waals surface area contributed by atoms with Gasteiger partial charge in [-0.2, -0.15) is 18.2 Å². The van der Waals surface area contributed by atoms with Crippen molar-refractivity contribution in [3.05, 3.63) is 87.9 Å². The van der Waals surface area contributed by atoms with Gasteiger partial charge in [0, 0.05) is 23.1 Å². The lowest BCUT2D eigenvalue weighted by atomic mass is 10.2. The molecule has 11 nitrogen and oxygen atoms in total. The second-order valence-electron chi connectivity index (χ2n) is 8.25. The zero-order valence-corrected chi connectivity index (χ0v) is 24.3. The number of halogens is 8. The number of ether oxygens (including phenoxy) is 1. The fourth-order valence-electron chi connectivity index (χ4n) is 2.98. The van der Waals surface area contributed by atoms with Gasteiger partial charge in [0.1, 0.15) is 16.1 Å². The number of aromatic nitrogens is 4. The minimum Gasteiger partial charge on any atom is -0.406 e. The molecule has 2 aromatic carbocycles. The van der Waals surface area contributed by atoms with E-state index < -0.39 is 29.9 Å². The Morgan fingerprint density at radius 2 is 1.49 bits per heavy atom. The van der Waals surface area contributed by atoms with Gasteiger partial charge in [0.2, 0.25) is 18.0 Å². The summed E-state index contributed by atoms with van der Waals surface area (Å²) in [4.78, 5) is 39.9. The van der Waals surface area contributed by atoms with E-state index in [9.17, 15) is 35.9 Å². The quantitative estimate of drug-likeness (QED) is 0.0860. The van der Waals surface area contributed by atoms with Crippen LogP contribution < -0.4 is 21.1 Å². The van der Waals surface area contributed by atoms with Crippen molar-refractivity contribution in [2.75, 3.05) is 16.4 Å². The number of nitrogens with zero attached hydrogens (tertiary/aromatic N) is 5. The number of nitrogen functional groups attached to an aromatic ring is 1. The SMILES string of the molecule is Cc1cc(Cl)nc(N)n1.Cc1cc(Cl)nc(NC(=O)Nc2cccc(C(F)(F)F)c2)n1.O=C=Nc1cccc(OC(F)(F)F)c1. The van der Waals surface area contributed by atoms with Gasteiger partial charge in [-0.15, -0.1) is 13.2 Å². The van der Waals surface area contributed by atoms with Crippen LogP contribution in [-0.4, -0.2) is 38.4 Å². The molecule has 0 saturated heterocycles. The molecule has 0 aliphatic carbocycles. The van der Waals surface area contributed by atoms with Crippen molar-refractivity contribution in [2.45, 2.75) is 26.4 Å². The van der Waals surface area contributed by atoms with Crippen LogP contribution in [0.2, 0.25) is 10.3 Å². The van der Waals surface area contributed by atoms with Crippen molar-refractivity contribution in [3.63, 3.8) is 0 Å². The largest absolute Gasteiger partial charge is 0.573 e. The van der Waals surface area contributed by atoms with Crippen molar-refractivity contribution in [1.82, 2.24) is 19.9 Å². The highest BCUT2D eigenvalue weighted by Crippen LogP contribution is 2.30. The second-order valence-corrected chi connectivity index (χ2v) is 9.03. The summed E-state index contributed by atoms with van der Waals surface area (Å²) in [6.07, 6.45) is -8.02. The Morgan fingerprint density at radius 3 is 2.04 bits per heavy atom. The molecular weight excluding hydrogens is 657 g/mol. The van der Waals surface area contributed by atoms with Crippen LogP contribution in [0, 0.1) is 13.8 Å². The predicted octanol–water partition coefficient (Wildman–Crippen LogP) is 7.67. The van der Waals surface area contributed by atoms with Crippen LogP contribution in [0.15, 0.2) is 65.7 Å². The average Bonchev–Trinajstić information content (AvgIpc) is 2.87. The summed E-state index contributed by atoms with van der Waals surface area (Å²) in [7, 11) is 0. The molecule has 0 atom stereocenters. The lowest BCUT2D eigenvalue weighted by Crippen LogP contribution is -2.21. The maximum absolute atomic E-state index is 12.6. The molecule has 0 saturated carbocycles. The molecule has 0 aliphatic heterocycles. The van der Waals surface area contributed by atoms with Gasteiger partial charge in [0.25, 0.3) is 0 Å². The molecule has 4 N–H and O–H groups in total. The van der Waals surface area contributed by atoms with Crippen molar-refractivity contribution >= 4 is 58.6 Å². The van der Waals surface area contributed by atoms with E-state index in [1.807, 2.05) is 6.92 Å². The van der Waals surface area contributed by atoms with Gasteiger partial charge >= 0.3 is 18.6 Å². The Morgan fingerprint density at radius 1 is 0.867 bits per heavy atom. The molecule has 2 aromatic heterocycles. The number of alkyl halides is 6. The summed E-state index contributed by atoms with van der Waals surface area (Å²) in [5, 5.41) is 5.09. The summed E-state index contributed by atoms with van der Waals surface area (Å²) in [5.41, 5.74) is 5.76. The molecule has 0 bridgehead atoms. The maximum atomic E-state index is 12.6. The van der Waals surface area contributed by atoms with Crippen LogP contribution in [0.25, 0.3) is 0 Å². The lowest BCUT2D eigenvalue weighted by molar-refractivity contribution is -0.274. The number of amides is 2. The van der Waals surface area contributed by atoms with Crippen LogP contribution in [0.1, 0.15) is 17.0 Å². The van der Waals surface area contributed by atoms with Crippen molar-refractivity contribution in [3.8, 4) is 5.75 Å². The summed E-state index contributed by atoms with van der Waals surface area (Å²) >= 11 is 11.2.